The van der Waals surface area contributed by atoms with Gasteiger partial charge in [0.25, 0.3) is 6.43 Å². The van der Waals surface area contributed by atoms with E-state index in [4.69, 9.17) is 15.2 Å². The first-order chi connectivity index (χ1) is 9.02. The second-order valence-corrected chi connectivity index (χ2v) is 3.78. The van der Waals surface area contributed by atoms with Crippen molar-refractivity contribution in [3.8, 4) is 5.75 Å². The van der Waals surface area contributed by atoms with Crippen LogP contribution < -0.4 is 15.8 Å². The second-order valence-electron chi connectivity index (χ2n) is 3.78. The Balaban J connectivity index is 0.00000361. The molecular formula is C12H17ClF2N2O3. The normalized spacial score (nSPS) is 11.7. The lowest BCUT2D eigenvalue weighted by atomic mass is 10.2. The van der Waals surface area contributed by atoms with Crippen LogP contribution in [0.4, 0.5) is 14.5 Å². The lowest BCUT2D eigenvalue weighted by Gasteiger charge is -2.11. The summed E-state index contributed by atoms with van der Waals surface area (Å²) in [6, 6.07) is 5.29. The lowest BCUT2D eigenvalue weighted by Crippen LogP contribution is -2.39. The molecule has 1 aromatic rings. The number of carbonyl (C=O) groups excluding carboxylic acids is 1. The molecule has 0 fully saturated rings. The molecule has 1 unspecified atom stereocenters. The molecule has 0 spiro atoms. The maximum absolute atomic E-state index is 11.9. The van der Waals surface area contributed by atoms with Crippen LogP contribution in [-0.2, 0) is 9.53 Å². The van der Waals surface area contributed by atoms with Crippen LogP contribution in [0.3, 0.4) is 0 Å². The van der Waals surface area contributed by atoms with Crippen molar-refractivity contribution in [2.45, 2.75) is 12.5 Å². The summed E-state index contributed by atoms with van der Waals surface area (Å²) in [4.78, 5) is 11.6. The zero-order chi connectivity index (χ0) is 14.3. The number of benzene rings is 1. The number of nitrogens with one attached hydrogen (secondary N) is 1. The number of halogens is 3. The van der Waals surface area contributed by atoms with Gasteiger partial charge >= 0.3 is 0 Å². The maximum atomic E-state index is 11.9. The van der Waals surface area contributed by atoms with E-state index in [1.54, 1.807) is 0 Å². The Kier molecular flexibility index (Phi) is 8.78. The first kappa shape index (κ1) is 18.6. The van der Waals surface area contributed by atoms with E-state index in [-0.39, 0.29) is 24.9 Å². The Hall–Kier alpha value is -1.44. The highest BCUT2D eigenvalue weighted by molar-refractivity contribution is 5.94. The van der Waals surface area contributed by atoms with Gasteiger partial charge in [0.2, 0.25) is 5.91 Å². The molecule has 3 N–H and O–H groups in total. The number of carbonyl (C=O) groups is 1. The number of alkyl halides is 2. The average molecular weight is 311 g/mol. The molecule has 1 amide bonds. The smallest absolute Gasteiger partial charge is 0.272 e. The maximum Gasteiger partial charge on any atom is 0.272 e. The number of nitrogens with two attached hydrogens (primary N) is 1. The number of hydrogen-bond donors (Lipinski definition) is 2. The molecule has 0 aliphatic carbocycles. The minimum Gasteiger partial charge on any atom is -0.488 e. The van der Waals surface area contributed by atoms with Gasteiger partial charge in [0.1, 0.15) is 18.4 Å². The Labute approximate surface area is 121 Å². The summed E-state index contributed by atoms with van der Waals surface area (Å²) in [5.41, 5.74) is 6.04. The molecule has 5 nitrogen and oxygen atoms in total. The van der Waals surface area contributed by atoms with Crippen LogP contribution in [0.15, 0.2) is 24.3 Å². The first-order valence-electron chi connectivity index (χ1n) is 5.59. The zero-order valence-corrected chi connectivity index (χ0v) is 11.7. The van der Waals surface area contributed by atoms with Crippen molar-refractivity contribution in [3.05, 3.63) is 24.3 Å². The Bertz CT molecular complexity index is 404. The summed E-state index contributed by atoms with van der Waals surface area (Å²) < 4.78 is 33.4. The monoisotopic (exact) mass is 310 g/mol. The van der Waals surface area contributed by atoms with Crippen molar-refractivity contribution < 1.29 is 23.0 Å². The molecule has 8 heteroatoms. The molecular weight excluding hydrogens is 294 g/mol. The predicted octanol–water partition coefficient (Wildman–Crippen LogP) is 1.66. The van der Waals surface area contributed by atoms with Gasteiger partial charge in [-0.1, -0.05) is 0 Å². The van der Waals surface area contributed by atoms with Crippen molar-refractivity contribution in [1.29, 1.82) is 0 Å². The molecule has 0 heterocycles. The molecule has 0 saturated carbocycles. The zero-order valence-electron chi connectivity index (χ0n) is 10.8. The van der Waals surface area contributed by atoms with Crippen LogP contribution >= 0.6 is 12.4 Å². The summed E-state index contributed by atoms with van der Waals surface area (Å²) in [6.07, 6.45) is -2.52. The van der Waals surface area contributed by atoms with E-state index in [1.165, 1.54) is 31.4 Å². The number of ether oxygens (including phenoxy) is 2. The third-order valence-electron chi connectivity index (χ3n) is 2.18. The Morgan fingerprint density at radius 2 is 1.90 bits per heavy atom. The van der Waals surface area contributed by atoms with Gasteiger partial charge in [-0.25, -0.2) is 8.78 Å². The standard InChI is InChI=1S/C12H16F2N2O3.ClH/c1-18-6-10(15)12(17)16-8-2-4-9(5-3-8)19-7-11(13)14;/h2-5,10-11H,6-7,15H2,1H3,(H,16,17);1H. The van der Waals surface area contributed by atoms with E-state index < -0.39 is 19.1 Å². The minimum absolute atomic E-state index is 0. The highest BCUT2D eigenvalue weighted by Crippen LogP contribution is 2.16. The van der Waals surface area contributed by atoms with E-state index in [1.807, 2.05) is 0 Å². The number of methoxy groups -OCH3 is 1. The molecule has 1 atom stereocenters. The van der Waals surface area contributed by atoms with Gasteiger partial charge < -0.3 is 20.5 Å². The largest absolute Gasteiger partial charge is 0.488 e. The molecule has 114 valence electrons. The first-order valence-corrected chi connectivity index (χ1v) is 5.59. The number of hydrogen-bond acceptors (Lipinski definition) is 4. The fourth-order valence-corrected chi connectivity index (χ4v) is 1.28. The topological polar surface area (TPSA) is 73.6 Å². The SMILES string of the molecule is COCC(N)C(=O)Nc1ccc(OCC(F)F)cc1.Cl. The third kappa shape index (κ3) is 6.65. The molecule has 0 aliphatic rings. The van der Waals surface area contributed by atoms with Crippen LogP contribution in [0.5, 0.6) is 5.75 Å². The van der Waals surface area contributed by atoms with E-state index in [0.29, 0.717) is 11.4 Å². The van der Waals surface area contributed by atoms with Crippen LogP contribution in [0, 0.1) is 0 Å². The van der Waals surface area contributed by atoms with Crippen molar-refractivity contribution in [1.82, 2.24) is 0 Å². The molecule has 0 radical (unpaired) electrons. The van der Waals surface area contributed by atoms with Gasteiger partial charge in [-0.3, -0.25) is 4.79 Å². The van der Waals surface area contributed by atoms with E-state index in [9.17, 15) is 13.6 Å². The fourth-order valence-electron chi connectivity index (χ4n) is 1.28. The quantitative estimate of drug-likeness (QED) is 0.803. The van der Waals surface area contributed by atoms with Gasteiger partial charge in [-0.2, -0.15) is 0 Å². The van der Waals surface area contributed by atoms with E-state index in [0.717, 1.165) is 0 Å². The summed E-state index contributed by atoms with van der Waals surface area (Å²) in [6.45, 7) is -0.550. The van der Waals surface area contributed by atoms with E-state index in [2.05, 4.69) is 5.32 Å². The highest BCUT2D eigenvalue weighted by atomic mass is 35.5. The molecule has 1 rings (SSSR count). The molecule has 0 bridgehead atoms. The van der Waals surface area contributed by atoms with Gasteiger partial charge in [0.05, 0.1) is 6.61 Å². The average Bonchev–Trinajstić information content (AvgIpc) is 2.38. The minimum atomic E-state index is -2.52. The predicted molar refractivity (Wildman–Crippen MR) is 73.7 cm³/mol. The highest BCUT2D eigenvalue weighted by Gasteiger charge is 2.13. The summed E-state index contributed by atoms with van der Waals surface area (Å²) in [5, 5.41) is 2.57. The van der Waals surface area contributed by atoms with Crippen LogP contribution in [0.2, 0.25) is 0 Å². The van der Waals surface area contributed by atoms with Crippen LogP contribution in [0.1, 0.15) is 0 Å². The van der Waals surface area contributed by atoms with Crippen molar-refractivity contribution >= 4 is 24.0 Å². The van der Waals surface area contributed by atoms with Crippen LogP contribution in [-0.4, -0.2) is 38.7 Å². The Morgan fingerprint density at radius 1 is 1.30 bits per heavy atom. The van der Waals surface area contributed by atoms with Crippen molar-refractivity contribution in [3.63, 3.8) is 0 Å². The van der Waals surface area contributed by atoms with Gasteiger partial charge in [-0.15, -0.1) is 12.4 Å². The summed E-state index contributed by atoms with van der Waals surface area (Å²) in [7, 11) is 1.45. The molecule has 0 aliphatic heterocycles. The molecule has 20 heavy (non-hydrogen) atoms. The number of rotatable bonds is 7. The number of anilines is 1. The van der Waals surface area contributed by atoms with Crippen molar-refractivity contribution in [2.75, 3.05) is 25.6 Å². The summed E-state index contributed by atoms with van der Waals surface area (Å²) in [5.74, 6) is -0.0809. The van der Waals surface area contributed by atoms with Gasteiger partial charge in [0, 0.05) is 12.8 Å². The molecule has 1 aromatic carbocycles. The molecule has 0 aromatic heterocycles. The second kappa shape index (κ2) is 9.46. The third-order valence-corrected chi connectivity index (χ3v) is 2.18. The Morgan fingerprint density at radius 3 is 2.40 bits per heavy atom. The van der Waals surface area contributed by atoms with Crippen molar-refractivity contribution in [2.24, 2.45) is 5.73 Å². The lowest BCUT2D eigenvalue weighted by molar-refractivity contribution is -0.118. The molecule has 0 saturated heterocycles. The van der Waals surface area contributed by atoms with E-state index >= 15 is 0 Å². The summed E-state index contributed by atoms with van der Waals surface area (Å²) >= 11 is 0. The number of amides is 1. The van der Waals surface area contributed by atoms with Gasteiger partial charge in [-0.05, 0) is 24.3 Å². The van der Waals surface area contributed by atoms with Crippen LogP contribution in [0.25, 0.3) is 0 Å². The van der Waals surface area contributed by atoms with Gasteiger partial charge in [0.15, 0.2) is 0 Å². The fraction of sp³-hybridized carbons (Fsp3) is 0.417.